The van der Waals surface area contributed by atoms with Crippen molar-refractivity contribution in [1.82, 2.24) is 4.90 Å². The number of thioether (sulfide) groups is 1. The SMILES string of the molecule is CC(=O)OC[C@H]1O[C@@H](N2C(=O)/C(=C\c3ccc(Cl)cc3Cl)SC2=S)[C@@H](OC(C)=O)[C@@H](OC(C)=O)[C@@H]1OC(C)=O. The minimum atomic E-state index is -1.48. The number of thiocarbonyl (C=S) groups is 1. The van der Waals surface area contributed by atoms with Crippen LogP contribution in [0.15, 0.2) is 23.1 Å². The predicted molar refractivity (Wildman–Crippen MR) is 143 cm³/mol. The average molecular weight is 620 g/mol. The summed E-state index contributed by atoms with van der Waals surface area (Å²) in [6.45, 7) is 4.01. The topological polar surface area (TPSA) is 135 Å². The van der Waals surface area contributed by atoms with Crippen molar-refractivity contribution < 1.29 is 47.7 Å². The summed E-state index contributed by atoms with van der Waals surface area (Å²) in [7, 11) is 0. The number of carbonyl (C=O) groups excluding carboxylic acids is 5. The van der Waals surface area contributed by atoms with Crippen molar-refractivity contribution in [2.24, 2.45) is 0 Å². The molecule has 2 aliphatic heterocycles. The zero-order valence-corrected chi connectivity index (χ0v) is 24.2. The van der Waals surface area contributed by atoms with Gasteiger partial charge in [-0.25, -0.2) is 0 Å². The van der Waals surface area contributed by atoms with Crippen LogP contribution in [0.5, 0.6) is 0 Å². The second-order valence-electron chi connectivity index (χ2n) is 8.31. The number of benzene rings is 1. The first-order valence-electron chi connectivity index (χ1n) is 11.3. The third kappa shape index (κ3) is 7.70. The predicted octanol–water partition coefficient (Wildman–Crippen LogP) is 3.28. The van der Waals surface area contributed by atoms with Gasteiger partial charge in [0.15, 0.2) is 28.9 Å². The molecule has 0 bridgehead atoms. The van der Waals surface area contributed by atoms with Gasteiger partial charge in [0.1, 0.15) is 12.7 Å². The van der Waals surface area contributed by atoms with Crippen molar-refractivity contribution in [1.29, 1.82) is 0 Å². The summed E-state index contributed by atoms with van der Waals surface area (Å²) < 4.78 is 27.3. The lowest BCUT2D eigenvalue weighted by atomic mass is 9.96. The van der Waals surface area contributed by atoms with Crippen molar-refractivity contribution in [3.8, 4) is 0 Å². The Balaban J connectivity index is 2.06. The zero-order chi connectivity index (χ0) is 29.0. The molecule has 0 aromatic heterocycles. The second kappa shape index (κ2) is 13.1. The maximum atomic E-state index is 13.6. The molecule has 2 aliphatic rings. The molecule has 39 heavy (non-hydrogen) atoms. The maximum Gasteiger partial charge on any atom is 0.303 e. The lowest BCUT2D eigenvalue weighted by Crippen LogP contribution is -2.66. The van der Waals surface area contributed by atoms with Crippen LogP contribution in [-0.2, 0) is 47.7 Å². The summed E-state index contributed by atoms with van der Waals surface area (Å²) in [5.41, 5.74) is 0.489. The van der Waals surface area contributed by atoms with Crippen molar-refractivity contribution in [3.05, 3.63) is 38.7 Å². The molecular formula is C24H23Cl2NO10S2. The highest BCUT2D eigenvalue weighted by molar-refractivity contribution is 8.26. The van der Waals surface area contributed by atoms with E-state index in [0.717, 1.165) is 44.4 Å². The third-order valence-electron chi connectivity index (χ3n) is 5.29. The first kappa shape index (κ1) is 30.8. The van der Waals surface area contributed by atoms with Crippen LogP contribution in [0, 0.1) is 0 Å². The Labute approximate surface area is 243 Å². The Morgan fingerprint density at radius 2 is 1.56 bits per heavy atom. The first-order valence-corrected chi connectivity index (χ1v) is 13.3. The summed E-state index contributed by atoms with van der Waals surface area (Å²) in [4.78, 5) is 62.4. The molecule has 1 aromatic carbocycles. The van der Waals surface area contributed by atoms with Gasteiger partial charge in [-0.3, -0.25) is 28.9 Å². The van der Waals surface area contributed by atoms with Crippen LogP contribution in [-0.4, -0.2) is 76.3 Å². The Bertz CT molecular complexity index is 1240. The molecule has 2 heterocycles. The molecule has 2 saturated heterocycles. The summed E-state index contributed by atoms with van der Waals surface area (Å²) in [5, 5.41) is 0.697. The van der Waals surface area contributed by atoms with E-state index >= 15 is 0 Å². The molecule has 1 amide bonds. The summed E-state index contributed by atoms with van der Waals surface area (Å²) in [6.07, 6.45) is -5.49. The van der Waals surface area contributed by atoms with Gasteiger partial charge in [0, 0.05) is 37.7 Å². The molecule has 0 radical (unpaired) electrons. The van der Waals surface area contributed by atoms with Gasteiger partial charge in [-0.1, -0.05) is 53.2 Å². The van der Waals surface area contributed by atoms with Crippen LogP contribution in [0.3, 0.4) is 0 Å². The average Bonchev–Trinajstić information content (AvgIpc) is 3.09. The van der Waals surface area contributed by atoms with Gasteiger partial charge in [-0.15, -0.1) is 0 Å². The highest BCUT2D eigenvalue weighted by atomic mass is 35.5. The van der Waals surface area contributed by atoms with E-state index in [4.69, 9.17) is 59.1 Å². The fraction of sp³-hybridized carbons (Fsp3) is 0.417. The molecule has 0 N–H and O–H groups in total. The van der Waals surface area contributed by atoms with Gasteiger partial charge < -0.3 is 23.7 Å². The minimum absolute atomic E-state index is 0.0252. The third-order valence-corrected chi connectivity index (χ3v) is 7.19. The van der Waals surface area contributed by atoms with Gasteiger partial charge in [0.05, 0.1) is 4.91 Å². The number of halogens is 2. The fourth-order valence-corrected chi connectivity index (χ4v) is 5.64. The summed E-state index contributed by atoms with van der Waals surface area (Å²) in [6, 6.07) is 4.72. The molecule has 2 fully saturated rings. The van der Waals surface area contributed by atoms with Crippen molar-refractivity contribution >= 4 is 87.4 Å². The number of amides is 1. The molecule has 1 aromatic rings. The van der Waals surface area contributed by atoms with Crippen LogP contribution in [0.4, 0.5) is 0 Å². The van der Waals surface area contributed by atoms with Crippen molar-refractivity contribution in [2.75, 3.05) is 6.61 Å². The smallest absolute Gasteiger partial charge is 0.303 e. The summed E-state index contributed by atoms with van der Waals surface area (Å²) >= 11 is 18.6. The molecule has 3 rings (SSSR count). The Morgan fingerprint density at radius 3 is 2.13 bits per heavy atom. The van der Waals surface area contributed by atoms with Crippen LogP contribution in [0.25, 0.3) is 6.08 Å². The van der Waals surface area contributed by atoms with E-state index in [-0.39, 0.29) is 9.23 Å². The van der Waals surface area contributed by atoms with Crippen molar-refractivity contribution in [3.63, 3.8) is 0 Å². The van der Waals surface area contributed by atoms with Crippen LogP contribution in [0.2, 0.25) is 10.0 Å². The standard InChI is InChI=1S/C24H23Cl2NO10S2/c1-10(28)33-9-17-19(34-11(2)29)20(35-12(3)30)21(36-13(4)31)23(37-17)27-22(32)18(39-24(27)38)7-14-5-6-15(25)8-16(14)26/h5-8,17,19-21,23H,9H2,1-4H3/b18-7+/t17-,19-,20+,21+,23-/m1/s1. The highest BCUT2D eigenvalue weighted by Gasteiger charge is 2.56. The quantitative estimate of drug-likeness (QED) is 0.192. The Hall–Kier alpha value is -2.71. The minimum Gasteiger partial charge on any atom is -0.463 e. The molecule has 0 unspecified atom stereocenters. The number of carbonyl (C=O) groups is 5. The Kier molecular flexibility index (Phi) is 10.4. The van der Waals surface area contributed by atoms with Gasteiger partial charge in [0.25, 0.3) is 5.91 Å². The van der Waals surface area contributed by atoms with Gasteiger partial charge in [-0.2, -0.15) is 0 Å². The van der Waals surface area contributed by atoms with E-state index in [0.29, 0.717) is 15.6 Å². The second-order valence-corrected chi connectivity index (χ2v) is 10.8. The van der Waals surface area contributed by atoms with Crippen LogP contribution < -0.4 is 0 Å². The van der Waals surface area contributed by atoms with E-state index in [9.17, 15) is 24.0 Å². The normalized spacial score (nSPS) is 25.8. The monoisotopic (exact) mass is 619 g/mol. The Morgan fingerprint density at radius 1 is 0.974 bits per heavy atom. The van der Waals surface area contributed by atoms with Gasteiger partial charge >= 0.3 is 23.9 Å². The molecule has 11 nitrogen and oxygen atoms in total. The molecule has 0 aliphatic carbocycles. The fourth-order valence-electron chi connectivity index (χ4n) is 3.87. The molecule has 5 atom stereocenters. The van der Waals surface area contributed by atoms with Gasteiger partial charge in [0.2, 0.25) is 0 Å². The first-order chi connectivity index (χ1) is 18.3. The number of rotatable bonds is 7. The number of ether oxygens (including phenoxy) is 5. The van der Waals surface area contributed by atoms with E-state index in [1.807, 2.05) is 0 Å². The lowest BCUT2D eigenvalue weighted by Gasteiger charge is -2.46. The number of nitrogens with zero attached hydrogens (tertiary/aromatic N) is 1. The number of esters is 4. The molecule has 15 heteroatoms. The van der Waals surface area contributed by atoms with Crippen LogP contribution in [0.1, 0.15) is 33.3 Å². The number of hydrogen-bond donors (Lipinski definition) is 0. The lowest BCUT2D eigenvalue weighted by molar-refractivity contribution is -0.268. The van der Waals surface area contributed by atoms with Crippen LogP contribution >= 0.6 is 47.2 Å². The van der Waals surface area contributed by atoms with E-state index in [2.05, 4.69) is 0 Å². The van der Waals surface area contributed by atoms with E-state index in [1.165, 1.54) is 12.1 Å². The molecule has 0 saturated carbocycles. The molecule has 210 valence electrons. The molecule has 0 spiro atoms. The molecular weight excluding hydrogens is 597 g/mol. The number of hydrogen-bond acceptors (Lipinski definition) is 12. The highest BCUT2D eigenvalue weighted by Crippen LogP contribution is 2.40. The van der Waals surface area contributed by atoms with Crippen molar-refractivity contribution in [2.45, 2.75) is 58.3 Å². The summed E-state index contributed by atoms with van der Waals surface area (Å²) in [5.74, 6) is -3.68. The van der Waals surface area contributed by atoms with E-state index < -0.39 is 67.0 Å². The maximum absolute atomic E-state index is 13.6. The zero-order valence-electron chi connectivity index (χ0n) is 21.0. The van der Waals surface area contributed by atoms with Gasteiger partial charge in [-0.05, 0) is 23.8 Å². The van der Waals surface area contributed by atoms with E-state index in [1.54, 1.807) is 12.1 Å². The largest absolute Gasteiger partial charge is 0.463 e.